The Hall–Kier alpha value is -5.29. The minimum Gasteiger partial charge on any atom is -0.464 e. The Balaban J connectivity index is 1.72. The molecule has 0 radical (unpaired) electrons. The first-order valence-corrected chi connectivity index (χ1v) is 17.8. The number of aryl methyl sites for hydroxylation is 1. The van der Waals surface area contributed by atoms with Crippen LogP contribution in [0.5, 0.6) is 0 Å². The van der Waals surface area contributed by atoms with Gasteiger partial charge in [-0.05, 0) is 70.0 Å². The van der Waals surface area contributed by atoms with Crippen LogP contribution in [0.4, 0.5) is 16.2 Å². The van der Waals surface area contributed by atoms with E-state index in [2.05, 4.69) is 0 Å². The summed E-state index contributed by atoms with van der Waals surface area (Å²) in [5, 5.41) is 0. The molecule has 0 aliphatic carbocycles. The van der Waals surface area contributed by atoms with E-state index in [1.807, 2.05) is 6.92 Å². The van der Waals surface area contributed by atoms with Crippen molar-refractivity contribution in [1.82, 2.24) is 0 Å². The molecule has 0 fully saturated rings. The van der Waals surface area contributed by atoms with Crippen molar-refractivity contribution in [2.24, 2.45) is 0 Å². The summed E-state index contributed by atoms with van der Waals surface area (Å²) in [6.45, 7) is 8.23. The number of ether oxygens (including phenoxy) is 2. The molecule has 2 heterocycles. The van der Waals surface area contributed by atoms with E-state index in [0.717, 1.165) is 14.8 Å². The van der Waals surface area contributed by atoms with E-state index in [9.17, 15) is 22.8 Å². The number of ketones is 1. The van der Waals surface area contributed by atoms with Crippen LogP contribution in [0, 0.1) is 6.92 Å². The first-order valence-electron chi connectivity index (χ1n) is 16.4. The molecule has 258 valence electrons. The number of Topliss-reactive ketones (excluding diaryl/α,β-unsaturated/α-hetero) is 1. The molecule has 2 aliphatic rings. The molecular weight excluding hydrogens is 657 g/mol. The summed E-state index contributed by atoms with van der Waals surface area (Å²) in [6, 6.07) is 25.7. The largest absolute Gasteiger partial charge is 0.464 e. The van der Waals surface area contributed by atoms with Crippen molar-refractivity contribution in [3.05, 3.63) is 125 Å². The monoisotopic (exact) mass is 694 g/mol. The SMILES string of the molecule is CCOC(=O)[C@H]1N(S(=O)(=O)c2ccc(C)cc2)c2ccccc2[C@@H](CC(=O)c2ccccc2)[C@]12C(=O)N(C(=O)OC(C)(C)C)c1ccccc12. The lowest BCUT2D eigenvalue weighted by molar-refractivity contribution is -0.149. The summed E-state index contributed by atoms with van der Waals surface area (Å²) in [5.41, 5.74) is -1.23. The molecule has 1 spiro atoms. The second kappa shape index (κ2) is 12.9. The zero-order valence-corrected chi connectivity index (χ0v) is 29.3. The maximum absolute atomic E-state index is 15.5. The number of hydrogen-bond acceptors (Lipinski definition) is 8. The molecule has 10 nitrogen and oxygen atoms in total. The number of carbonyl (C=O) groups excluding carboxylic acids is 4. The van der Waals surface area contributed by atoms with E-state index in [4.69, 9.17) is 9.47 Å². The van der Waals surface area contributed by atoms with E-state index in [1.165, 1.54) is 12.1 Å². The number of fused-ring (bicyclic) bond motifs is 3. The molecule has 11 heteroatoms. The first-order chi connectivity index (χ1) is 23.7. The topological polar surface area (TPSA) is 127 Å². The molecule has 6 rings (SSSR count). The van der Waals surface area contributed by atoms with Gasteiger partial charge in [0.1, 0.15) is 11.0 Å². The highest BCUT2D eigenvalue weighted by atomic mass is 32.2. The Morgan fingerprint density at radius 1 is 0.820 bits per heavy atom. The molecule has 4 aromatic carbocycles. The molecule has 2 amide bonds. The van der Waals surface area contributed by atoms with E-state index in [-0.39, 0.29) is 40.6 Å². The molecule has 3 atom stereocenters. The standard InChI is InChI=1S/C39H38N2O8S/c1-6-48-35(43)34-39(29-17-11-13-19-32(29)40(36(39)44)37(45)49-38(3,4)5)30(24-33(42)26-14-8-7-9-15-26)28-16-10-12-18-31(28)41(34)50(46,47)27-22-20-25(2)21-23-27/h7-23,30,34H,6,24H2,1-5H3/t30-,34-,39+/m1/s1. The molecule has 0 saturated carbocycles. The number of carbonyl (C=O) groups is 4. The fourth-order valence-corrected chi connectivity index (χ4v) is 8.72. The average molecular weight is 695 g/mol. The highest BCUT2D eigenvalue weighted by Gasteiger charge is 2.70. The van der Waals surface area contributed by atoms with Gasteiger partial charge in [0.2, 0.25) is 0 Å². The number of hydrogen-bond donors (Lipinski definition) is 0. The fraction of sp³-hybridized carbons (Fsp3) is 0.282. The Bertz CT molecular complexity index is 2090. The van der Waals surface area contributed by atoms with E-state index < -0.39 is 51.0 Å². The number of amides is 2. The number of esters is 1. The number of imide groups is 1. The van der Waals surface area contributed by atoms with Crippen molar-refractivity contribution in [2.45, 2.75) is 68.9 Å². The van der Waals surface area contributed by atoms with Crippen molar-refractivity contribution in [2.75, 3.05) is 15.8 Å². The molecule has 0 saturated heterocycles. The van der Waals surface area contributed by atoms with E-state index >= 15 is 4.79 Å². The predicted octanol–water partition coefficient (Wildman–Crippen LogP) is 6.71. The third kappa shape index (κ3) is 5.65. The highest BCUT2D eigenvalue weighted by molar-refractivity contribution is 7.93. The normalized spacial score (nSPS) is 19.9. The zero-order valence-electron chi connectivity index (χ0n) is 28.5. The fourth-order valence-electron chi connectivity index (χ4n) is 7.05. The lowest BCUT2D eigenvalue weighted by Crippen LogP contribution is -2.66. The van der Waals surface area contributed by atoms with Crippen LogP contribution in [-0.4, -0.2) is 50.4 Å². The number of benzene rings is 4. The van der Waals surface area contributed by atoms with Crippen LogP contribution in [-0.2, 0) is 34.5 Å². The summed E-state index contributed by atoms with van der Waals surface area (Å²) in [6.07, 6.45) is -1.31. The van der Waals surface area contributed by atoms with Crippen molar-refractivity contribution < 1.29 is 37.1 Å². The molecule has 0 bridgehead atoms. The summed E-state index contributed by atoms with van der Waals surface area (Å²) in [5.74, 6) is -3.39. The van der Waals surface area contributed by atoms with Gasteiger partial charge in [-0.3, -0.25) is 13.9 Å². The number of anilines is 2. The summed E-state index contributed by atoms with van der Waals surface area (Å²) >= 11 is 0. The maximum atomic E-state index is 15.5. The van der Waals surface area contributed by atoms with Crippen LogP contribution < -0.4 is 9.21 Å². The van der Waals surface area contributed by atoms with Gasteiger partial charge in [0.15, 0.2) is 11.8 Å². The van der Waals surface area contributed by atoms with Gasteiger partial charge >= 0.3 is 12.1 Å². The van der Waals surface area contributed by atoms with E-state index in [0.29, 0.717) is 11.1 Å². The van der Waals surface area contributed by atoms with Gasteiger partial charge in [-0.1, -0.05) is 84.4 Å². The Labute approximate surface area is 291 Å². The van der Waals surface area contributed by atoms with Crippen LogP contribution >= 0.6 is 0 Å². The average Bonchev–Trinajstić information content (AvgIpc) is 3.33. The molecular formula is C39H38N2O8S. The maximum Gasteiger partial charge on any atom is 0.421 e. The molecule has 0 unspecified atom stereocenters. The van der Waals surface area contributed by atoms with Gasteiger partial charge in [-0.25, -0.2) is 22.9 Å². The smallest absolute Gasteiger partial charge is 0.421 e. The van der Waals surface area contributed by atoms with Crippen molar-refractivity contribution in [3.8, 4) is 0 Å². The van der Waals surface area contributed by atoms with Gasteiger partial charge < -0.3 is 9.47 Å². The third-order valence-electron chi connectivity index (χ3n) is 9.06. The molecule has 50 heavy (non-hydrogen) atoms. The van der Waals surface area contributed by atoms with Crippen LogP contribution in [0.15, 0.2) is 108 Å². The number of sulfonamides is 1. The van der Waals surface area contributed by atoms with Gasteiger partial charge in [-0.2, -0.15) is 0 Å². The van der Waals surface area contributed by atoms with Crippen molar-refractivity contribution >= 4 is 45.2 Å². The van der Waals surface area contributed by atoms with Gasteiger partial charge in [0, 0.05) is 17.9 Å². The minimum absolute atomic E-state index is 0.114. The molecule has 4 aromatic rings. The van der Waals surface area contributed by atoms with Crippen LogP contribution in [0.1, 0.15) is 67.1 Å². The summed E-state index contributed by atoms with van der Waals surface area (Å²) < 4.78 is 42.1. The number of rotatable bonds is 7. The number of para-hydroxylation sites is 2. The second-order valence-electron chi connectivity index (χ2n) is 13.4. The Morgan fingerprint density at radius 2 is 1.42 bits per heavy atom. The van der Waals surface area contributed by atoms with Crippen LogP contribution in [0.2, 0.25) is 0 Å². The quantitative estimate of drug-likeness (QED) is 0.154. The second-order valence-corrected chi connectivity index (χ2v) is 15.2. The van der Waals surface area contributed by atoms with Crippen molar-refractivity contribution in [3.63, 3.8) is 0 Å². The third-order valence-corrected chi connectivity index (χ3v) is 10.9. The number of nitrogens with zero attached hydrogens (tertiary/aromatic N) is 2. The first kappa shape index (κ1) is 34.6. The highest BCUT2D eigenvalue weighted by Crippen LogP contribution is 2.60. The lowest BCUT2D eigenvalue weighted by Gasteiger charge is -2.50. The zero-order chi connectivity index (χ0) is 36.0. The van der Waals surface area contributed by atoms with Gasteiger partial charge in [0.25, 0.3) is 15.9 Å². The van der Waals surface area contributed by atoms with Gasteiger partial charge in [-0.15, -0.1) is 0 Å². The van der Waals surface area contributed by atoms with E-state index in [1.54, 1.807) is 119 Å². The summed E-state index contributed by atoms with van der Waals surface area (Å²) in [7, 11) is -4.60. The Kier molecular flexibility index (Phi) is 8.90. The van der Waals surface area contributed by atoms with Crippen molar-refractivity contribution in [1.29, 1.82) is 0 Å². The lowest BCUT2D eigenvalue weighted by atomic mass is 9.59. The minimum atomic E-state index is -4.60. The Morgan fingerprint density at radius 3 is 2.06 bits per heavy atom. The van der Waals surface area contributed by atoms with Gasteiger partial charge in [0.05, 0.1) is 22.9 Å². The summed E-state index contributed by atoms with van der Waals surface area (Å²) in [4.78, 5) is 58.9. The molecule has 2 aliphatic heterocycles. The predicted molar refractivity (Wildman–Crippen MR) is 188 cm³/mol. The van der Waals surface area contributed by atoms with Crippen LogP contribution in [0.25, 0.3) is 0 Å². The van der Waals surface area contributed by atoms with Crippen LogP contribution in [0.3, 0.4) is 0 Å². The molecule has 0 N–H and O–H groups in total. The molecule has 0 aromatic heterocycles.